The van der Waals surface area contributed by atoms with E-state index in [9.17, 15) is 9.59 Å². The Morgan fingerprint density at radius 3 is 2.71 bits per heavy atom. The lowest BCUT2D eigenvalue weighted by Gasteiger charge is -2.07. The van der Waals surface area contributed by atoms with Crippen molar-refractivity contribution in [3.63, 3.8) is 0 Å². The van der Waals surface area contributed by atoms with Gasteiger partial charge in [-0.1, -0.05) is 20.8 Å². The standard InChI is InChI=1S/C13H20N2O2/c1-4-12(16)11-5-6-15(8-11)9-13(17)14-7-10(2)3/h5-6,8,10H,4,7,9H2,1-3H3,(H,14,17). The molecule has 94 valence electrons. The lowest BCUT2D eigenvalue weighted by Crippen LogP contribution is -2.30. The molecule has 0 atom stereocenters. The summed E-state index contributed by atoms with van der Waals surface area (Å²) < 4.78 is 1.73. The van der Waals surface area contributed by atoms with Crippen LogP contribution in [-0.4, -0.2) is 22.8 Å². The fraction of sp³-hybridized carbons (Fsp3) is 0.538. The van der Waals surface area contributed by atoms with E-state index >= 15 is 0 Å². The first kappa shape index (κ1) is 13.5. The first-order valence-electron chi connectivity index (χ1n) is 5.98. The first-order valence-corrected chi connectivity index (χ1v) is 5.98. The normalized spacial score (nSPS) is 10.6. The highest BCUT2D eigenvalue weighted by Gasteiger charge is 2.07. The van der Waals surface area contributed by atoms with Gasteiger partial charge >= 0.3 is 0 Å². The minimum Gasteiger partial charge on any atom is -0.354 e. The van der Waals surface area contributed by atoms with Gasteiger partial charge in [0.25, 0.3) is 0 Å². The lowest BCUT2D eigenvalue weighted by atomic mass is 10.2. The predicted molar refractivity (Wildman–Crippen MR) is 66.9 cm³/mol. The number of hydrogen-bond donors (Lipinski definition) is 1. The molecule has 17 heavy (non-hydrogen) atoms. The Morgan fingerprint density at radius 1 is 1.41 bits per heavy atom. The number of carbonyl (C=O) groups is 2. The average Bonchev–Trinajstić information content (AvgIpc) is 2.73. The number of rotatable bonds is 6. The molecule has 0 aromatic carbocycles. The molecular weight excluding hydrogens is 216 g/mol. The van der Waals surface area contributed by atoms with Crippen molar-refractivity contribution in [2.24, 2.45) is 5.92 Å². The first-order chi connectivity index (χ1) is 8.02. The number of carbonyl (C=O) groups excluding carboxylic acids is 2. The van der Waals surface area contributed by atoms with E-state index in [0.29, 0.717) is 24.4 Å². The Balaban J connectivity index is 2.49. The van der Waals surface area contributed by atoms with E-state index in [1.807, 2.05) is 20.8 Å². The predicted octanol–water partition coefficient (Wildman–Crippen LogP) is 1.85. The second-order valence-corrected chi connectivity index (χ2v) is 4.55. The van der Waals surface area contributed by atoms with Gasteiger partial charge in [-0.05, 0) is 12.0 Å². The summed E-state index contributed by atoms with van der Waals surface area (Å²) in [5.74, 6) is 0.525. The molecule has 0 aliphatic carbocycles. The van der Waals surface area contributed by atoms with Crippen LogP contribution in [0.1, 0.15) is 37.6 Å². The number of nitrogens with one attached hydrogen (secondary N) is 1. The van der Waals surface area contributed by atoms with Crippen LogP contribution < -0.4 is 5.32 Å². The minimum absolute atomic E-state index is 0.0233. The van der Waals surface area contributed by atoms with Crippen LogP contribution in [0.15, 0.2) is 18.5 Å². The van der Waals surface area contributed by atoms with E-state index in [-0.39, 0.29) is 18.2 Å². The van der Waals surface area contributed by atoms with E-state index in [1.165, 1.54) is 0 Å². The van der Waals surface area contributed by atoms with Gasteiger partial charge in [0.05, 0.1) is 0 Å². The van der Waals surface area contributed by atoms with Crippen molar-refractivity contribution < 1.29 is 9.59 Å². The second-order valence-electron chi connectivity index (χ2n) is 4.55. The minimum atomic E-state index is -0.0233. The van der Waals surface area contributed by atoms with E-state index in [4.69, 9.17) is 0 Å². The molecular formula is C13H20N2O2. The molecule has 0 unspecified atom stereocenters. The Morgan fingerprint density at radius 2 is 2.12 bits per heavy atom. The summed E-state index contributed by atoms with van der Waals surface area (Å²) in [6, 6.07) is 1.75. The summed E-state index contributed by atoms with van der Waals surface area (Å²) >= 11 is 0. The van der Waals surface area contributed by atoms with Gasteiger partial charge in [-0.15, -0.1) is 0 Å². The smallest absolute Gasteiger partial charge is 0.239 e. The van der Waals surface area contributed by atoms with Gasteiger partial charge in [-0.3, -0.25) is 9.59 Å². The molecule has 1 amide bonds. The van der Waals surface area contributed by atoms with Crippen molar-refractivity contribution in [1.29, 1.82) is 0 Å². The zero-order valence-corrected chi connectivity index (χ0v) is 10.7. The highest BCUT2D eigenvalue weighted by molar-refractivity contribution is 5.95. The maximum absolute atomic E-state index is 11.5. The van der Waals surface area contributed by atoms with Gasteiger partial charge in [0.15, 0.2) is 5.78 Å². The summed E-state index contributed by atoms with van der Waals surface area (Å²) in [4.78, 5) is 23.0. The monoisotopic (exact) mass is 236 g/mol. The Bertz CT molecular complexity index is 394. The number of Topliss-reactive ketones (excluding diaryl/α,β-unsaturated/α-hetero) is 1. The van der Waals surface area contributed by atoms with Crippen LogP contribution in [0.25, 0.3) is 0 Å². The van der Waals surface area contributed by atoms with Gasteiger partial charge in [0.1, 0.15) is 6.54 Å². The number of amides is 1. The highest BCUT2D eigenvalue weighted by Crippen LogP contribution is 2.04. The van der Waals surface area contributed by atoms with Gasteiger partial charge in [0.2, 0.25) is 5.91 Å². The molecule has 0 radical (unpaired) electrons. The van der Waals surface area contributed by atoms with Crippen LogP contribution in [0, 0.1) is 5.92 Å². The lowest BCUT2D eigenvalue weighted by molar-refractivity contribution is -0.121. The van der Waals surface area contributed by atoms with Crippen molar-refractivity contribution >= 4 is 11.7 Å². The van der Waals surface area contributed by atoms with Crippen LogP contribution in [-0.2, 0) is 11.3 Å². The summed E-state index contributed by atoms with van der Waals surface area (Å²) in [5.41, 5.74) is 0.671. The van der Waals surface area contributed by atoms with Crippen molar-refractivity contribution in [2.45, 2.75) is 33.7 Å². The molecule has 0 aliphatic heterocycles. The van der Waals surface area contributed by atoms with Gasteiger partial charge in [-0.2, -0.15) is 0 Å². The molecule has 1 N–H and O–H groups in total. The number of ketones is 1. The van der Waals surface area contributed by atoms with E-state index in [0.717, 1.165) is 0 Å². The zero-order chi connectivity index (χ0) is 12.8. The molecule has 4 heteroatoms. The third-order valence-corrected chi connectivity index (χ3v) is 2.43. The van der Waals surface area contributed by atoms with Gasteiger partial charge < -0.3 is 9.88 Å². The molecule has 1 aromatic heterocycles. The van der Waals surface area contributed by atoms with Gasteiger partial charge in [0, 0.05) is 30.9 Å². The Hall–Kier alpha value is -1.58. The fourth-order valence-corrected chi connectivity index (χ4v) is 1.45. The van der Waals surface area contributed by atoms with Crippen LogP contribution in [0.3, 0.4) is 0 Å². The van der Waals surface area contributed by atoms with Crippen molar-refractivity contribution in [1.82, 2.24) is 9.88 Å². The number of hydrogen-bond acceptors (Lipinski definition) is 2. The Labute approximate surface area is 102 Å². The molecule has 1 heterocycles. The largest absolute Gasteiger partial charge is 0.354 e. The maximum Gasteiger partial charge on any atom is 0.239 e. The molecule has 0 saturated carbocycles. The van der Waals surface area contributed by atoms with E-state index in [1.54, 1.807) is 23.0 Å². The molecule has 0 spiro atoms. The molecule has 0 bridgehead atoms. The maximum atomic E-state index is 11.5. The molecule has 0 saturated heterocycles. The third-order valence-electron chi connectivity index (χ3n) is 2.43. The fourth-order valence-electron chi connectivity index (χ4n) is 1.45. The summed E-state index contributed by atoms with van der Waals surface area (Å²) in [6.07, 6.45) is 3.97. The molecule has 0 aliphatic rings. The van der Waals surface area contributed by atoms with Crippen LogP contribution >= 0.6 is 0 Å². The van der Waals surface area contributed by atoms with Crippen LogP contribution in [0.4, 0.5) is 0 Å². The molecule has 0 fully saturated rings. The SMILES string of the molecule is CCC(=O)c1ccn(CC(=O)NCC(C)C)c1. The topological polar surface area (TPSA) is 51.1 Å². The van der Waals surface area contributed by atoms with Crippen molar-refractivity contribution in [3.8, 4) is 0 Å². The number of nitrogens with zero attached hydrogens (tertiary/aromatic N) is 1. The Kier molecular flexibility index (Phi) is 4.94. The quantitative estimate of drug-likeness (QED) is 0.766. The van der Waals surface area contributed by atoms with Gasteiger partial charge in [-0.25, -0.2) is 0 Å². The average molecular weight is 236 g/mol. The summed E-state index contributed by atoms with van der Waals surface area (Å²) in [5, 5.41) is 2.84. The van der Waals surface area contributed by atoms with Crippen molar-refractivity contribution in [3.05, 3.63) is 24.0 Å². The van der Waals surface area contributed by atoms with Crippen LogP contribution in [0.2, 0.25) is 0 Å². The highest BCUT2D eigenvalue weighted by atomic mass is 16.2. The van der Waals surface area contributed by atoms with E-state index < -0.39 is 0 Å². The van der Waals surface area contributed by atoms with Crippen LogP contribution in [0.5, 0.6) is 0 Å². The summed E-state index contributed by atoms with van der Waals surface area (Å²) in [7, 11) is 0. The molecule has 4 nitrogen and oxygen atoms in total. The number of aromatic nitrogens is 1. The third kappa shape index (κ3) is 4.43. The van der Waals surface area contributed by atoms with E-state index in [2.05, 4.69) is 5.32 Å². The summed E-state index contributed by atoms with van der Waals surface area (Å²) in [6.45, 7) is 6.88. The molecule has 1 aromatic rings. The zero-order valence-electron chi connectivity index (χ0n) is 10.7. The second kappa shape index (κ2) is 6.23. The molecule has 1 rings (SSSR count). The van der Waals surface area contributed by atoms with Crippen molar-refractivity contribution in [2.75, 3.05) is 6.54 Å².